The van der Waals surface area contributed by atoms with E-state index in [1.54, 1.807) is 12.1 Å². The molecule has 0 radical (unpaired) electrons. The first-order chi connectivity index (χ1) is 9.10. The molecule has 2 aromatic rings. The zero-order valence-electron chi connectivity index (χ0n) is 9.71. The molecule has 98 valence electrons. The van der Waals surface area contributed by atoms with E-state index in [-0.39, 0.29) is 12.2 Å². The van der Waals surface area contributed by atoms with Crippen molar-refractivity contribution in [3.8, 4) is 0 Å². The van der Waals surface area contributed by atoms with Crippen molar-refractivity contribution in [1.82, 2.24) is 20.0 Å². The monoisotopic (exact) mass is 279 g/mol. The zero-order chi connectivity index (χ0) is 13.8. The van der Waals surface area contributed by atoms with Crippen molar-refractivity contribution in [3.63, 3.8) is 0 Å². The first-order valence-electron chi connectivity index (χ1n) is 5.29. The molecule has 2 rings (SSSR count). The number of rotatable bonds is 3. The van der Waals surface area contributed by atoms with Gasteiger partial charge in [-0.3, -0.25) is 14.8 Å². The minimum atomic E-state index is -0.501. The minimum absolute atomic E-state index is 0.165. The molecule has 0 atom stereocenters. The van der Waals surface area contributed by atoms with Crippen LogP contribution in [0.25, 0.3) is 0 Å². The lowest BCUT2D eigenvalue weighted by Gasteiger charge is -2.06. The lowest BCUT2D eigenvalue weighted by atomic mass is 10.3. The summed E-state index contributed by atoms with van der Waals surface area (Å²) in [7, 11) is 0. The van der Waals surface area contributed by atoms with Crippen LogP contribution in [0.2, 0.25) is 5.02 Å². The van der Waals surface area contributed by atoms with E-state index in [2.05, 4.69) is 9.97 Å². The van der Waals surface area contributed by atoms with Crippen LogP contribution in [0.4, 0.5) is 0 Å². The van der Waals surface area contributed by atoms with Crippen molar-refractivity contribution in [1.29, 1.82) is 0 Å². The average Bonchev–Trinajstić information content (AvgIpc) is 2.42. The Morgan fingerprint density at radius 2 is 2.26 bits per heavy atom. The summed E-state index contributed by atoms with van der Waals surface area (Å²) in [5, 5.41) is 0.343. The van der Waals surface area contributed by atoms with E-state index in [4.69, 9.17) is 17.4 Å². The molecule has 2 aromatic heterocycles. The molecule has 0 spiro atoms. The highest BCUT2D eigenvalue weighted by atomic mass is 35.5. The summed E-state index contributed by atoms with van der Waals surface area (Å²) in [5.41, 5.74) is 2.23. The summed E-state index contributed by atoms with van der Waals surface area (Å²) in [4.78, 5) is 30.5. The van der Waals surface area contributed by atoms with Crippen molar-refractivity contribution >= 4 is 17.5 Å². The molecular formula is C11H10ClN5O2. The van der Waals surface area contributed by atoms with Crippen LogP contribution in [0.5, 0.6) is 0 Å². The van der Waals surface area contributed by atoms with Crippen LogP contribution in [0.1, 0.15) is 16.2 Å². The molecule has 0 saturated carbocycles. The summed E-state index contributed by atoms with van der Waals surface area (Å²) in [6.45, 7) is 0.165. The van der Waals surface area contributed by atoms with Gasteiger partial charge in [-0.1, -0.05) is 17.7 Å². The van der Waals surface area contributed by atoms with Gasteiger partial charge in [0.25, 0.3) is 5.91 Å². The number of aromatic nitrogens is 3. The van der Waals surface area contributed by atoms with Gasteiger partial charge in [0.05, 0.1) is 23.5 Å². The van der Waals surface area contributed by atoms with Crippen LogP contribution in [0.15, 0.2) is 35.4 Å². The van der Waals surface area contributed by atoms with Gasteiger partial charge in [-0.05, 0) is 12.1 Å². The van der Waals surface area contributed by atoms with Gasteiger partial charge in [0.1, 0.15) is 5.69 Å². The highest BCUT2D eigenvalue weighted by Crippen LogP contribution is 2.05. The standard InChI is InChI=1S/C11H10ClN5O2/c12-7-4-14-11(19)17(5-7)6-8-2-1-3-9(15-8)10(18)16-13/h1-5H,6,13H2,(H,16,18). The molecule has 7 nitrogen and oxygen atoms in total. The number of hydrazine groups is 1. The number of amides is 1. The summed E-state index contributed by atoms with van der Waals surface area (Å²) >= 11 is 5.76. The van der Waals surface area contributed by atoms with Crippen molar-refractivity contribution in [2.75, 3.05) is 0 Å². The largest absolute Gasteiger partial charge is 0.347 e. The van der Waals surface area contributed by atoms with E-state index in [0.29, 0.717) is 10.7 Å². The maximum Gasteiger partial charge on any atom is 0.347 e. The second-order valence-electron chi connectivity index (χ2n) is 3.67. The Morgan fingerprint density at radius 1 is 1.47 bits per heavy atom. The highest BCUT2D eigenvalue weighted by molar-refractivity contribution is 6.30. The van der Waals surface area contributed by atoms with Gasteiger partial charge in [0.15, 0.2) is 0 Å². The maximum atomic E-state index is 11.5. The topological polar surface area (TPSA) is 103 Å². The third-order valence-corrected chi connectivity index (χ3v) is 2.52. The third kappa shape index (κ3) is 3.15. The Kier molecular flexibility index (Phi) is 3.88. The third-order valence-electron chi connectivity index (χ3n) is 2.33. The van der Waals surface area contributed by atoms with Crippen LogP contribution < -0.4 is 17.0 Å². The summed E-state index contributed by atoms with van der Waals surface area (Å²) in [6.07, 6.45) is 2.72. The zero-order valence-corrected chi connectivity index (χ0v) is 10.5. The first kappa shape index (κ1) is 13.2. The van der Waals surface area contributed by atoms with Gasteiger partial charge < -0.3 is 0 Å². The number of halogens is 1. The Bertz CT molecular complexity index is 670. The molecule has 0 aliphatic heterocycles. The number of nitrogen functional groups attached to an aromatic ring is 1. The maximum absolute atomic E-state index is 11.5. The van der Waals surface area contributed by atoms with E-state index in [0.717, 1.165) is 0 Å². The van der Waals surface area contributed by atoms with Crippen LogP contribution in [0, 0.1) is 0 Å². The van der Waals surface area contributed by atoms with Crippen LogP contribution in [-0.4, -0.2) is 20.4 Å². The number of nitrogens with one attached hydrogen (secondary N) is 1. The van der Waals surface area contributed by atoms with E-state index < -0.39 is 11.6 Å². The number of nitrogens with zero attached hydrogens (tertiary/aromatic N) is 3. The summed E-state index contributed by atoms with van der Waals surface area (Å²) in [6, 6.07) is 4.85. The molecule has 0 saturated heterocycles. The number of pyridine rings is 1. The van der Waals surface area contributed by atoms with Gasteiger partial charge >= 0.3 is 5.69 Å². The summed E-state index contributed by atoms with van der Waals surface area (Å²) < 4.78 is 1.30. The molecule has 8 heteroatoms. The number of nitrogens with two attached hydrogens (primary N) is 1. The van der Waals surface area contributed by atoms with E-state index in [1.165, 1.54) is 23.0 Å². The number of hydrogen-bond acceptors (Lipinski definition) is 5. The van der Waals surface area contributed by atoms with E-state index in [9.17, 15) is 9.59 Å². The van der Waals surface area contributed by atoms with Gasteiger partial charge in [0.2, 0.25) is 0 Å². The molecular weight excluding hydrogens is 270 g/mol. The number of hydrogen-bond donors (Lipinski definition) is 2. The quantitative estimate of drug-likeness (QED) is 0.466. The molecule has 2 heterocycles. The molecule has 0 bridgehead atoms. The number of carbonyl (C=O) groups excluding carboxylic acids is 1. The predicted molar refractivity (Wildman–Crippen MR) is 68.5 cm³/mol. The molecule has 0 aromatic carbocycles. The molecule has 0 fully saturated rings. The molecule has 0 aliphatic carbocycles. The fourth-order valence-corrected chi connectivity index (χ4v) is 1.65. The van der Waals surface area contributed by atoms with Crippen molar-refractivity contribution < 1.29 is 4.79 Å². The second-order valence-corrected chi connectivity index (χ2v) is 4.11. The van der Waals surface area contributed by atoms with Crippen molar-refractivity contribution in [2.24, 2.45) is 5.84 Å². The SMILES string of the molecule is NNC(=O)c1cccc(Cn2cc(Cl)cnc2=O)n1. The average molecular weight is 280 g/mol. The van der Waals surface area contributed by atoms with Gasteiger partial charge in [0, 0.05) is 6.20 Å². The van der Waals surface area contributed by atoms with Crippen LogP contribution in [-0.2, 0) is 6.54 Å². The molecule has 0 unspecified atom stereocenters. The van der Waals surface area contributed by atoms with E-state index in [1.807, 2.05) is 5.43 Å². The Labute approximate surface area is 113 Å². The fourth-order valence-electron chi connectivity index (χ4n) is 1.48. The smallest absolute Gasteiger partial charge is 0.292 e. The van der Waals surface area contributed by atoms with Gasteiger partial charge in [-0.25, -0.2) is 20.6 Å². The minimum Gasteiger partial charge on any atom is -0.292 e. The lowest BCUT2D eigenvalue weighted by molar-refractivity contribution is 0.0948. The predicted octanol–water partition coefficient (Wildman–Crippen LogP) is -0.0565. The highest BCUT2D eigenvalue weighted by Gasteiger charge is 2.07. The first-order valence-corrected chi connectivity index (χ1v) is 5.67. The van der Waals surface area contributed by atoms with Crippen LogP contribution >= 0.6 is 11.6 Å². The Hall–Kier alpha value is -2.25. The number of carbonyl (C=O) groups is 1. The van der Waals surface area contributed by atoms with Crippen molar-refractivity contribution in [2.45, 2.75) is 6.54 Å². The molecule has 1 amide bonds. The molecule has 19 heavy (non-hydrogen) atoms. The summed E-state index contributed by atoms with van der Waals surface area (Å²) in [5.74, 6) is 4.53. The van der Waals surface area contributed by atoms with Gasteiger partial charge in [-0.2, -0.15) is 0 Å². The Morgan fingerprint density at radius 3 is 3.00 bits per heavy atom. The van der Waals surface area contributed by atoms with Crippen LogP contribution in [0.3, 0.4) is 0 Å². The lowest BCUT2D eigenvalue weighted by Crippen LogP contribution is -2.31. The second kappa shape index (κ2) is 5.59. The van der Waals surface area contributed by atoms with Crippen molar-refractivity contribution in [3.05, 3.63) is 57.5 Å². The molecule has 3 N–H and O–H groups in total. The fraction of sp³-hybridized carbons (Fsp3) is 0.0909. The Balaban J connectivity index is 2.31. The normalized spacial score (nSPS) is 10.2. The van der Waals surface area contributed by atoms with Gasteiger partial charge in [-0.15, -0.1) is 0 Å². The van der Waals surface area contributed by atoms with E-state index >= 15 is 0 Å². The molecule has 0 aliphatic rings.